The van der Waals surface area contributed by atoms with Crippen molar-refractivity contribution in [3.8, 4) is 0 Å². The van der Waals surface area contributed by atoms with Crippen LogP contribution < -0.4 is 0 Å². The van der Waals surface area contributed by atoms with Gasteiger partial charge in [-0.25, -0.2) is 0 Å². The quantitative estimate of drug-likeness (QED) is 0.660. The predicted molar refractivity (Wildman–Crippen MR) is 52.4 cm³/mol. The Morgan fingerprint density at radius 3 is 3.08 bits per heavy atom. The van der Waals surface area contributed by atoms with Crippen LogP contribution in [0, 0.1) is 11.8 Å². The molecular formula is C11H16O2. The first-order valence-electron chi connectivity index (χ1n) is 4.73. The van der Waals surface area contributed by atoms with Gasteiger partial charge in [0.25, 0.3) is 0 Å². The zero-order valence-electron chi connectivity index (χ0n) is 7.78. The van der Waals surface area contributed by atoms with Crippen LogP contribution in [0.3, 0.4) is 0 Å². The lowest BCUT2D eigenvalue weighted by molar-refractivity contribution is -0.138. The Morgan fingerprint density at radius 2 is 2.46 bits per heavy atom. The van der Waals surface area contributed by atoms with E-state index in [2.05, 4.69) is 18.7 Å². The largest absolute Gasteiger partial charge is 0.481 e. The molecule has 0 aromatic heterocycles. The SMILES string of the molecule is C=CCCC1C=CCC1CC(=O)O. The third-order valence-corrected chi connectivity index (χ3v) is 2.57. The van der Waals surface area contributed by atoms with Crippen molar-refractivity contribution < 1.29 is 9.90 Å². The highest BCUT2D eigenvalue weighted by Gasteiger charge is 2.23. The Hall–Kier alpha value is -1.05. The van der Waals surface area contributed by atoms with E-state index >= 15 is 0 Å². The molecular weight excluding hydrogens is 164 g/mol. The second kappa shape index (κ2) is 4.85. The lowest BCUT2D eigenvalue weighted by atomic mass is 9.89. The Labute approximate surface area is 79.0 Å². The Kier molecular flexibility index (Phi) is 3.74. The topological polar surface area (TPSA) is 37.3 Å². The highest BCUT2D eigenvalue weighted by molar-refractivity contribution is 5.67. The Morgan fingerprint density at radius 1 is 1.69 bits per heavy atom. The standard InChI is InChI=1S/C11H16O2/c1-2-3-5-9-6-4-7-10(9)8-11(12)13/h2,4,6,9-10H,1,3,5,7-8H2,(H,12,13). The number of rotatable bonds is 5. The number of allylic oxidation sites excluding steroid dienone is 3. The highest BCUT2D eigenvalue weighted by Crippen LogP contribution is 2.31. The van der Waals surface area contributed by atoms with E-state index in [4.69, 9.17) is 5.11 Å². The van der Waals surface area contributed by atoms with Crippen LogP contribution in [-0.4, -0.2) is 11.1 Å². The summed E-state index contributed by atoms with van der Waals surface area (Å²) in [5.74, 6) is 0.0869. The molecule has 0 fully saturated rings. The summed E-state index contributed by atoms with van der Waals surface area (Å²) < 4.78 is 0. The van der Waals surface area contributed by atoms with Gasteiger partial charge in [0.05, 0.1) is 0 Å². The third-order valence-electron chi connectivity index (χ3n) is 2.57. The van der Waals surface area contributed by atoms with Gasteiger partial charge in [-0.1, -0.05) is 18.2 Å². The normalized spacial score (nSPS) is 26.2. The fraction of sp³-hybridized carbons (Fsp3) is 0.545. The van der Waals surface area contributed by atoms with E-state index < -0.39 is 5.97 Å². The van der Waals surface area contributed by atoms with Crippen LogP contribution in [0.15, 0.2) is 24.8 Å². The molecule has 0 saturated carbocycles. The second-order valence-corrected chi connectivity index (χ2v) is 3.55. The highest BCUT2D eigenvalue weighted by atomic mass is 16.4. The maximum atomic E-state index is 10.5. The molecule has 13 heavy (non-hydrogen) atoms. The molecule has 2 nitrogen and oxygen atoms in total. The summed E-state index contributed by atoms with van der Waals surface area (Å²) in [6, 6.07) is 0. The zero-order valence-corrected chi connectivity index (χ0v) is 7.78. The van der Waals surface area contributed by atoms with Crippen molar-refractivity contribution in [1.29, 1.82) is 0 Å². The van der Waals surface area contributed by atoms with E-state index in [1.54, 1.807) is 0 Å². The molecule has 1 aliphatic rings. The van der Waals surface area contributed by atoms with E-state index in [9.17, 15) is 4.79 Å². The van der Waals surface area contributed by atoms with Crippen LogP contribution in [0.4, 0.5) is 0 Å². The number of carboxylic acids is 1. The maximum absolute atomic E-state index is 10.5. The van der Waals surface area contributed by atoms with E-state index in [0.717, 1.165) is 19.3 Å². The zero-order chi connectivity index (χ0) is 9.68. The minimum absolute atomic E-state index is 0.300. The van der Waals surface area contributed by atoms with Gasteiger partial charge >= 0.3 is 5.97 Å². The second-order valence-electron chi connectivity index (χ2n) is 3.55. The minimum atomic E-state index is -0.683. The van der Waals surface area contributed by atoms with Crippen LogP contribution >= 0.6 is 0 Å². The van der Waals surface area contributed by atoms with Crippen LogP contribution in [0.1, 0.15) is 25.7 Å². The minimum Gasteiger partial charge on any atom is -0.481 e. The fourth-order valence-electron chi connectivity index (χ4n) is 1.86. The van der Waals surface area contributed by atoms with E-state index in [-0.39, 0.29) is 0 Å². The van der Waals surface area contributed by atoms with Crippen molar-refractivity contribution in [3.05, 3.63) is 24.8 Å². The summed E-state index contributed by atoms with van der Waals surface area (Å²) in [5, 5.41) is 8.67. The molecule has 2 heteroatoms. The monoisotopic (exact) mass is 180 g/mol. The first-order valence-corrected chi connectivity index (χ1v) is 4.73. The van der Waals surface area contributed by atoms with Crippen LogP contribution in [0.5, 0.6) is 0 Å². The van der Waals surface area contributed by atoms with Crippen molar-refractivity contribution in [2.45, 2.75) is 25.7 Å². The third kappa shape index (κ3) is 3.05. The van der Waals surface area contributed by atoms with Gasteiger partial charge in [-0.2, -0.15) is 0 Å². The van der Waals surface area contributed by atoms with Gasteiger partial charge in [-0.3, -0.25) is 4.79 Å². The van der Waals surface area contributed by atoms with Crippen LogP contribution in [0.25, 0.3) is 0 Å². The summed E-state index contributed by atoms with van der Waals surface area (Å²) in [7, 11) is 0. The van der Waals surface area contributed by atoms with Gasteiger partial charge < -0.3 is 5.11 Å². The van der Waals surface area contributed by atoms with Crippen molar-refractivity contribution in [2.24, 2.45) is 11.8 Å². The summed E-state index contributed by atoms with van der Waals surface area (Å²) in [5.41, 5.74) is 0. The van der Waals surface area contributed by atoms with Gasteiger partial charge in [0.15, 0.2) is 0 Å². The summed E-state index contributed by atoms with van der Waals surface area (Å²) in [4.78, 5) is 10.5. The number of carboxylic acid groups (broad SMARTS) is 1. The summed E-state index contributed by atoms with van der Waals surface area (Å²) in [6.45, 7) is 3.67. The molecule has 0 aliphatic heterocycles. The Bertz CT molecular complexity index is 218. The van der Waals surface area contributed by atoms with Gasteiger partial charge in [0.1, 0.15) is 0 Å². The first-order chi connectivity index (χ1) is 6.24. The molecule has 0 radical (unpaired) electrons. The molecule has 1 aliphatic carbocycles. The smallest absolute Gasteiger partial charge is 0.303 e. The molecule has 0 spiro atoms. The van der Waals surface area contributed by atoms with Gasteiger partial charge in [-0.15, -0.1) is 6.58 Å². The summed E-state index contributed by atoms with van der Waals surface area (Å²) in [6.07, 6.45) is 9.38. The van der Waals surface area contributed by atoms with E-state index in [1.807, 2.05) is 6.08 Å². The van der Waals surface area contributed by atoms with Crippen molar-refractivity contribution in [3.63, 3.8) is 0 Å². The molecule has 0 bridgehead atoms. The van der Waals surface area contributed by atoms with Gasteiger partial charge in [0.2, 0.25) is 0 Å². The van der Waals surface area contributed by atoms with Crippen molar-refractivity contribution in [2.75, 3.05) is 0 Å². The predicted octanol–water partition coefficient (Wildman–Crippen LogP) is 2.62. The molecule has 2 atom stereocenters. The molecule has 0 heterocycles. The molecule has 0 aromatic carbocycles. The van der Waals surface area contributed by atoms with Crippen LogP contribution in [-0.2, 0) is 4.79 Å². The molecule has 2 unspecified atom stereocenters. The summed E-state index contributed by atoms with van der Waals surface area (Å²) >= 11 is 0. The molecule has 1 rings (SSSR count). The molecule has 0 aromatic rings. The molecule has 0 amide bonds. The lowest BCUT2D eigenvalue weighted by Gasteiger charge is -2.16. The average Bonchev–Trinajstić information content (AvgIpc) is 2.48. The van der Waals surface area contributed by atoms with Crippen molar-refractivity contribution >= 4 is 5.97 Å². The Balaban J connectivity index is 2.37. The number of aliphatic carboxylic acids is 1. The maximum Gasteiger partial charge on any atom is 0.303 e. The molecule has 0 saturated heterocycles. The fourth-order valence-corrected chi connectivity index (χ4v) is 1.86. The first kappa shape index (κ1) is 10.0. The molecule has 1 N–H and O–H groups in total. The van der Waals surface area contributed by atoms with E-state index in [0.29, 0.717) is 18.3 Å². The van der Waals surface area contributed by atoms with Gasteiger partial charge in [-0.05, 0) is 31.1 Å². The molecule has 72 valence electrons. The van der Waals surface area contributed by atoms with Crippen molar-refractivity contribution in [1.82, 2.24) is 0 Å². The number of hydrogen-bond acceptors (Lipinski definition) is 1. The van der Waals surface area contributed by atoms with E-state index in [1.165, 1.54) is 0 Å². The van der Waals surface area contributed by atoms with Gasteiger partial charge in [0, 0.05) is 6.42 Å². The lowest BCUT2D eigenvalue weighted by Crippen LogP contribution is -2.12. The number of carbonyl (C=O) groups is 1. The van der Waals surface area contributed by atoms with Crippen LogP contribution in [0.2, 0.25) is 0 Å². The number of hydrogen-bond donors (Lipinski definition) is 1. The average molecular weight is 180 g/mol.